The molecule has 0 aromatic heterocycles. The molecule has 1 fully saturated rings. The Bertz CT molecular complexity index is 932. The van der Waals surface area contributed by atoms with Gasteiger partial charge in [-0.05, 0) is 36.4 Å². The Balaban J connectivity index is 1.50. The van der Waals surface area contributed by atoms with Crippen LogP contribution in [0.1, 0.15) is 28.8 Å². The van der Waals surface area contributed by atoms with Crippen molar-refractivity contribution >= 4 is 17.5 Å². The second-order valence-corrected chi connectivity index (χ2v) is 6.73. The first kappa shape index (κ1) is 17.3. The van der Waals surface area contributed by atoms with Gasteiger partial charge in [0.05, 0.1) is 5.56 Å². The maximum atomic E-state index is 13.9. The Morgan fingerprint density at radius 1 is 1.04 bits per heavy atom. The zero-order chi connectivity index (χ0) is 19.0. The highest BCUT2D eigenvalue weighted by atomic mass is 19.1. The van der Waals surface area contributed by atoms with Gasteiger partial charge in [0.1, 0.15) is 23.0 Å². The standard InChI is InChI=1S/C20H17F2N3O2/c21-14-7-5-13(6-8-14)17-18(26)24-20(23-17)9-11-25(12-10-20)19(27)15-3-1-2-4-16(15)22/h1-8H,9-12H2,(H,24,26). The van der Waals surface area contributed by atoms with Crippen LogP contribution in [0.15, 0.2) is 53.5 Å². The molecule has 0 atom stereocenters. The average Bonchev–Trinajstić information content (AvgIpc) is 2.99. The lowest BCUT2D eigenvalue weighted by atomic mass is 9.97. The first-order chi connectivity index (χ1) is 13.0. The minimum Gasteiger partial charge on any atom is -0.338 e. The highest BCUT2D eigenvalue weighted by Crippen LogP contribution is 2.29. The van der Waals surface area contributed by atoms with E-state index in [1.165, 1.54) is 42.5 Å². The highest BCUT2D eigenvalue weighted by Gasteiger charge is 2.43. The number of hydrogen-bond acceptors (Lipinski definition) is 3. The van der Waals surface area contributed by atoms with Crippen LogP contribution in [0, 0.1) is 11.6 Å². The van der Waals surface area contributed by atoms with Crippen molar-refractivity contribution in [3.8, 4) is 0 Å². The molecule has 2 aromatic rings. The normalized spacial score (nSPS) is 18.4. The fraction of sp³-hybridized carbons (Fsp3) is 0.250. The summed E-state index contributed by atoms with van der Waals surface area (Å²) in [5.74, 6) is -1.61. The third-order valence-corrected chi connectivity index (χ3v) is 4.99. The van der Waals surface area contributed by atoms with E-state index in [0.29, 0.717) is 31.5 Å². The van der Waals surface area contributed by atoms with Gasteiger partial charge in [-0.15, -0.1) is 0 Å². The largest absolute Gasteiger partial charge is 0.338 e. The van der Waals surface area contributed by atoms with Crippen LogP contribution in [0.25, 0.3) is 0 Å². The molecule has 1 spiro atoms. The van der Waals surface area contributed by atoms with Crippen LogP contribution in [-0.4, -0.2) is 41.2 Å². The maximum absolute atomic E-state index is 13.9. The fourth-order valence-electron chi connectivity index (χ4n) is 3.49. The van der Waals surface area contributed by atoms with E-state index in [2.05, 4.69) is 10.3 Å². The lowest BCUT2D eigenvalue weighted by Gasteiger charge is -2.37. The Kier molecular flexibility index (Phi) is 4.22. The molecular formula is C20H17F2N3O2. The molecule has 7 heteroatoms. The number of benzene rings is 2. The monoisotopic (exact) mass is 369 g/mol. The second kappa shape index (κ2) is 6.57. The molecule has 2 amide bonds. The first-order valence-corrected chi connectivity index (χ1v) is 8.70. The summed E-state index contributed by atoms with van der Waals surface area (Å²) in [6.45, 7) is 0.710. The summed E-state index contributed by atoms with van der Waals surface area (Å²) in [5.41, 5.74) is 0.0891. The van der Waals surface area contributed by atoms with Crippen molar-refractivity contribution in [3.05, 3.63) is 71.3 Å². The van der Waals surface area contributed by atoms with E-state index in [1.54, 1.807) is 11.0 Å². The molecule has 1 saturated heterocycles. The number of likely N-dealkylation sites (tertiary alicyclic amines) is 1. The van der Waals surface area contributed by atoms with Gasteiger partial charge < -0.3 is 10.2 Å². The number of carbonyl (C=O) groups excluding carboxylic acids is 2. The Morgan fingerprint density at radius 2 is 1.70 bits per heavy atom. The topological polar surface area (TPSA) is 61.8 Å². The molecule has 2 aliphatic rings. The third kappa shape index (κ3) is 3.20. The minimum absolute atomic E-state index is 0.0411. The van der Waals surface area contributed by atoms with Gasteiger partial charge in [-0.1, -0.05) is 12.1 Å². The minimum atomic E-state index is -0.771. The van der Waals surface area contributed by atoms with Crippen LogP contribution in [0.4, 0.5) is 8.78 Å². The molecule has 0 saturated carbocycles. The summed E-state index contributed by atoms with van der Waals surface area (Å²) in [4.78, 5) is 31.0. The molecule has 1 N–H and O–H groups in total. The van der Waals surface area contributed by atoms with Gasteiger partial charge in [-0.3, -0.25) is 14.6 Å². The van der Waals surface area contributed by atoms with E-state index in [9.17, 15) is 18.4 Å². The molecule has 2 heterocycles. The zero-order valence-corrected chi connectivity index (χ0v) is 14.4. The SMILES string of the molecule is O=C1NC2(CCN(C(=O)c3ccccc3F)CC2)N=C1c1ccc(F)cc1. The fourth-order valence-corrected chi connectivity index (χ4v) is 3.49. The summed E-state index contributed by atoms with van der Waals surface area (Å²) in [7, 11) is 0. The number of rotatable bonds is 2. The van der Waals surface area contributed by atoms with Crippen molar-refractivity contribution in [1.82, 2.24) is 10.2 Å². The summed E-state index contributed by atoms with van der Waals surface area (Å²) in [6.07, 6.45) is 0.868. The number of carbonyl (C=O) groups is 2. The van der Waals surface area contributed by atoms with Crippen LogP contribution in [0.5, 0.6) is 0 Å². The number of nitrogens with one attached hydrogen (secondary N) is 1. The smallest absolute Gasteiger partial charge is 0.272 e. The van der Waals surface area contributed by atoms with Crippen LogP contribution < -0.4 is 5.32 Å². The van der Waals surface area contributed by atoms with Gasteiger partial charge in [0.15, 0.2) is 0 Å². The van der Waals surface area contributed by atoms with E-state index in [-0.39, 0.29) is 28.9 Å². The molecule has 2 aliphatic heterocycles. The maximum Gasteiger partial charge on any atom is 0.272 e. The Morgan fingerprint density at radius 3 is 2.37 bits per heavy atom. The molecule has 4 rings (SSSR count). The number of nitrogens with zero attached hydrogens (tertiary/aromatic N) is 2. The van der Waals surface area contributed by atoms with Crippen molar-refractivity contribution in [2.75, 3.05) is 13.1 Å². The average molecular weight is 369 g/mol. The van der Waals surface area contributed by atoms with Crippen LogP contribution >= 0.6 is 0 Å². The summed E-state index contributed by atoms with van der Waals surface area (Å²) in [5, 5.41) is 2.89. The number of hydrogen-bond donors (Lipinski definition) is 1. The number of piperidine rings is 1. The Hall–Kier alpha value is -3.09. The molecule has 0 radical (unpaired) electrons. The second-order valence-electron chi connectivity index (χ2n) is 6.73. The van der Waals surface area contributed by atoms with Gasteiger partial charge in [0.2, 0.25) is 0 Å². The van der Waals surface area contributed by atoms with Crippen molar-refractivity contribution in [1.29, 1.82) is 0 Å². The van der Waals surface area contributed by atoms with E-state index < -0.39 is 11.5 Å². The van der Waals surface area contributed by atoms with Gasteiger partial charge in [0, 0.05) is 31.5 Å². The van der Waals surface area contributed by atoms with Crippen LogP contribution in [0.2, 0.25) is 0 Å². The predicted molar refractivity (Wildman–Crippen MR) is 95.3 cm³/mol. The van der Waals surface area contributed by atoms with Gasteiger partial charge in [-0.2, -0.15) is 0 Å². The van der Waals surface area contributed by atoms with Gasteiger partial charge >= 0.3 is 0 Å². The summed E-state index contributed by atoms with van der Waals surface area (Å²) in [6, 6.07) is 11.5. The van der Waals surface area contributed by atoms with Crippen LogP contribution in [-0.2, 0) is 4.79 Å². The number of aliphatic imine (C=N–C) groups is 1. The summed E-state index contributed by atoms with van der Waals surface area (Å²) >= 11 is 0. The van der Waals surface area contributed by atoms with Crippen molar-refractivity contribution in [2.24, 2.45) is 4.99 Å². The molecule has 5 nitrogen and oxygen atoms in total. The lowest BCUT2D eigenvalue weighted by Crippen LogP contribution is -2.52. The molecule has 0 unspecified atom stereocenters. The van der Waals surface area contributed by atoms with Gasteiger partial charge in [0.25, 0.3) is 11.8 Å². The molecule has 0 bridgehead atoms. The van der Waals surface area contributed by atoms with Crippen molar-refractivity contribution in [2.45, 2.75) is 18.5 Å². The molecule has 2 aromatic carbocycles. The third-order valence-electron chi connectivity index (χ3n) is 4.99. The van der Waals surface area contributed by atoms with E-state index in [4.69, 9.17) is 0 Å². The number of amides is 2. The number of halogens is 2. The predicted octanol–water partition coefficient (Wildman–Crippen LogP) is 2.52. The molecule has 138 valence electrons. The Labute approximate surface area is 154 Å². The van der Waals surface area contributed by atoms with E-state index in [1.807, 2.05) is 0 Å². The first-order valence-electron chi connectivity index (χ1n) is 8.70. The summed E-state index contributed by atoms with van der Waals surface area (Å²) < 4.78 is 27.0. The zero-order valence-electron chi connectivity index (χ0n) is 14.4. The van der Waals surface area contributed by atoms with Crippen molar-refractivity contribution in [3.63, 3.8) is 0 Å². The highest BCUT2D eigenvalue weighted by molar-refractivity contribution is 6.46. The lowest BCUT2D eigenvalue weighted by molar-refractivity contribution is -0.115. The molecular weight excluding hydrogens is 352 g/mol. The van der Waals surface area contributed by atoms with Crippen LogP contribution in [0.3, 0.4) is 0 Å². The van der Waals surface area contributed by atoms with Gasteiger partial charge in [-0.25, -0.2) is 8.78 Å². The van der Waals surface area contributed by atoms with E-state index in [0.717, 1.165) is 0 Å². The molecule has 0 aliphatic carbocycles. The van der Waals surface area contributed by atoms with E-state index >= 15 is 0 Å². The quantitative estimate of drug-likeness (QED) is 0.884. The van der Waals surface area contributed by atoms with Crippen molar-refractivity contribution < 1.29 is 18.4 Å². The molecule has 27 heavy (non-hydrogen) atoms.